The minimum atomic E-state index is -0.613. The Kier molecular flexibility index (Phi) is 6.24. The van der Waals surface area contributed by atoms with E-state index < -0.39 is 5.97 Å². The molecular weight excluding hydrogens is 378 g/mol. The van der Waals surface area contributed by atoms with Crippen LogP contribution in [-0.2, 0) is 14.3 Å². The van der Waals surface area contributed by atoms with Crippen LogP contribution in [0.2, 0.25) is 5.02 Å². The van der Waals surface area contributed by atoms with Crippen LogP contribution in [0.3, 0.4) is 0 Å². The zero-order chi connectivity index (χ0) is 19.9. The molecule has 0 unspecified atom stereocenters. The summed E-state index contributed by atoms with van der Waals surface area (Å²) < 4.78 is 6.62. The predicted molar refractivity (Wildman–Crippen MR) is 108 cm³/mol. The van der Waals surface area contributed by atoms with Crippen LogP contribution in [0.4, 0.5) is 0 Å². The first-order valence-corrected chi connectivity index (χ1v) is 8.91. The summed E-state index contributed by atoms with van der Waals surface area (Å²) in [7, 11) is 1.47. The maximum Gasteiger partial charge on any atom is 0.331 e. The van der Waals surface area contributed by atoms with Crippen LogP contribution in [-0.4, -0.2) is 35.3 Å². The van der Waals surface area contributed by atoms with Crippen LogP contribution in [0.25, 0.3) is 23.0 Å². The lowest BCUT2D eigenvalue weighted by atomic mass is 10.1. The maximum absolute atomic E-state index is 11.9. The summed E-state index contributed by atoms with van der Waals surface area (Å²) in [5.74, 6) is -0.987. The Bertz CT molecular complexity index is 995. The van der Waals surface area contributed by atoms with E-state index in [9.17, 15) is 9.59 Å². The average Bonchev–Trinajstić information content (AvgIpc) is 3.16. The van der Waals surface area contributed by atoms with Gasteiger partial charge in [-0.05, 0) is 30.3 Å². The van der Waals surface area contributed by atoms with Gasteiger partial charge in [-0.1, -0.05) is 41.9 Å². The van der Waals surface area contributed by atoms with Crippen molar-refractivity contribution < 1.29 is 14.3 Å². The molecule has 0 atom stereocenters. The molecule has 28 heavy (non-hydrogen) atoms. The van der Waals surface area contributed by atoms with Crippen LogP contribution in [0.5, 0.6) is 0 Å². The average molecular weight is 396 g/mol. The van der Waals surface area contributed by atoms with Gasteiger partial charge in [0.25, 0.3) is 5.91 Å². The number of ether oxygens (including phenoxy) is 1. The first-order chi connectivity index (χ1) is 13.6. The quantitative estimate of drug-likeness (QED) is 0.512. The summed E-state index contributed by atoms with van der Waals surface area (Å²) in [4.78, 5) is 23.1. The number of amides is 1. The number of esters is 1. The molecule has 0 aliphatic rings. The van der Waals surface area contributed by atoms with E-state index in [0.717, 1.165) is 16.8 Å². The van der Waals surface area contributed by atoms with Gasteiger partial charge in [-0.25, -0.2) is 9.48 Å². The topological polar surface area (TPSA) is 73.2 Å². The lowest BCUT2D eigenvalue weighted by molar-refractivity contribution is -0.143. The van der Waals surface area contributed by atoms with E-state index >= 15 is 0 Å². The summed E-state index contributed by atoms with van der Waals surface area (Å²) in [5, 5.41) is 7.66. The zero-order valence-electron chi connectivity index (χ0n) is 15.1. The van der Waals surface area contributed by atoms with E-state index in [0.29, 0.717) is 10.7 Å². The van der Waals surface area contributed by atoms with E-state index in [1.54, 1.807) is 22.9 Å². The summed E-state index contributed by atoms with van der Waals surface area (Å²) >= 11 is 5.98. The fraction of sp³-hybridized carbons (Fsp3) is 0.0952. The number of nitrogens with zero attached hydrogens (tertiary/aromatic N) is 2. The second-order valence-corrected chi connectivity index (χ2v) is 6.27. The van der Waals surface area contributed by atoms with Crippen LogP contribution in [0, 0.1) is 0 Å². The van der Waals surface area contributed by atoms with E-state index in [1.165, 1.54) is 13.1 Å². The summed E-state index contributed by atoms with van der Waals surface area (Å²) in [6.45, 7) is -0.326. The van der Waals surface area contributed by atoms with Gasteiger partial charge >= 0.3 is 5.97 Å². The van der Waals surface area contributed by atoms with Crippen molar-refractivity contribution >= 4 is 29.6 Å². The molecule has 0 bridgehead atoms. The number of hydrogen-bond acceptors (Lipinski definition) is 4. The molecule has 0 fully saturated rings. The van der Waals surface area contributed by atoms with E-state index in [-0.39, 0.29) is 12.5 Å². The molecule has 6 nitrogen and oxygen atoms in total. The molecule has 0 saturated carbocycles. The third-order valence-corrected chi connectivity index (χ3v) is 4.16. The maximum atomic E-state index is 11.9. The minimum Gasteiger partial charge on any atom is -0.452 e. The number of para-hydroxylation sites is 1. The summed E-state index contributed by atoms with van der Waals surface area (Å²) in [6, 6.07) is 16.9. The number of rotatable bonds is 6. The molecule has 2 aromatic carbocycles. The Morgan fingerprint density at radius 1 is 1.14 bits per heavy atom. The largest absolute Gasteiger partial charge is 0.452 e. The number of hydrogen-bond donors (Lipinski definition) is 1. The highest BCUT2D eigenvalue weighted by molar-refractivity contribution is 6.30. The van der Waals surface area contributed by atoms with Crippen LogP contribution in [0.1, 0.15) is 5.56 Å². The molecule has 0 aliphatic heterocycles. The molecular formula is C21H18ClN3O3. The first kappa shape index (κ1) is 19.4. The van der Waals surface area contributed by atoms with Crippen LogP contribution in [0.15, 0.2) is 66.9 Å². The highest BCUT2D eigenvalue weighted by atomic mass is 35.5. The van der Waals surface area contributed by atoms with Crippen molar-refractivity contribution in [3.63, 3.8) is 0 Å². The third kappa shape index (κ3) is 4.86. The van der Waals surface area contributed by atoms with Gasteiger partial charge in [-0.2, -0.15) is 5.10 Å². The van der Waals surface area contributed by atoms with Gasteiger partial charge in [-0.3, -0.25) is 4.79 Å². The van der Waals surface area contributed by atoms with Gasteiger partial charge in [0, 0.05) is 35.5 Å². The molecule has 142 valence electrons. The zero-order valence-corrected chi connectivity index (χ0v) is 15.9. The first-order valence-electron chi connectivity index (χ1n) is 8.53. The highest BCUT2D eigenvalue weighted by Gasteiger charge is 2.11. The molecule has 0 saturated heterocycles. The van der Waals surface area contributed by atoms with Gasteiger partial charge in [-0.15, -0.1) is 0 Å². The molecule has 0 radical (unpaired) electrons. The lowest BCUT2D eigenvalue weighted by Crippen LogP contribution is -2.24. The number of benzene rings is 2. The van der Waals surface area contributed by atoms with Gasteiger partial charge in [0.2, 0.25) is 0 Å². The Hall–Kier alpha value is -3.38. The number of likely N-dealkylation sites (N-methyl/N-ethyl adjacent to an activating group) is 1. The van der Waals surface area contributed by atoms with Crippen molar-refractivity contribution in [2.45, 2.75) is 0 Å². The molecule has 1 aromatic heterocycles. The van der Waals surface area contributed by atoms with Crippen molar-refractivity contribution in [3.8, 4) is 16.9 Å². The molecule has 7 heteroatoms. The van der Waals surface area contributed by atoms with Gasteiger partial charge in [0.1, 0.15) is 0 Å². The van der Waals surface area contributed by atoms with Crippen LogP contribution < -0.4 is 5.32 Å². The molecule has 1 amide bonds. The van der Waals surface area contributed by atoms with E-state index in [2.05, 4.69) is 10.4 Å². The fourth-order valence-corrected chi connectivity index (χ4v) is 2.60. The number of nitrogens with one attached hydrogen (secondary N) is 1. The summed E-state index contributed by atoms with van der Waals surface area (Å²) in [6.07, 6.45) is 4.71. The molecule has 3 aromatic rings. The smallest absolute Gasteiger partial charge is 0.331 e. The normalized spacial score (nSPS) is 10.8. The Labute approximate surface area is 167 Å². The number of carbonyl (C=O) groups excluding carboxylic acids is 2. The molecule has 0 spiro atoms. The second-order valence-electron chi connectivity index (χ2n) is 5.83. The standard InChI is InChI=1S/C21H18ClN3O3/c1-23-19(26)14-28-20(27)12-9-16-13-25(18-5-3-2-4-6-18)24-21(16)15-7-10-17(22)11-8-15/h2-13H,14H2,1H3,(H,23,26)/b12-9+. The minimum absolute atomic E-state index is 0.326. The number of aromatic nitrogens is 2. The fourth-order valence-electron chi connectivity index (χ4n) is 2.47. The van der Waals surface area contributed by atoms with Crippen LogP contribution >= 0.6 is 11.6 Å². The second kappa shape index (κ2) is 9.01. The molecule has 3 rings (SSSR count). The molecule has 0 aliphatic carbocycles. The Balaban J connectivity index is 1.91. The van der Waals surface area contributed by atoms with Gasteiger partial charge in [0.15, 0.2) is 6.61 Å². The van der Waals surface area contributed by atoms with E-state index in [4.69, 9.17) is 16.3 Å². The molecule has 1 heterocycles. The number of halogens is 1. The van der Waals surface area contributed by atoms with Crippen molar-refractivity contribution in [2.75, 3.05) is 13.7 Å². The van der Waals surface area contributed by atoms with Gasteiger partial charge < -0.3 is 10.1 Å². The van der Waals surface area contributed by atoms with Gasteiger partial charge in [0.05, 0.1) is 11.4 Å². The van der Waals surface area contributed by atoms with Crippen molar-refractivity contribution in [1.29, 1.82) is 0 Å². The predicted octanol–water partition coefficient (Wildman–Crippen LogP) is 3.50. The highest BCUT2D eigenvalue weighted by Crippen LogP contribution is 2.26. The Morgan fingerprint density at radius 2 is 1.86 bits per heavy atom. The lowest BCUT2D eigenvalue weighted by Gasteiger charge is -2.01. The monoisotopic (exact) mass is 395 g/mol. The number of carbonyl (C=O) groups is 2. The summed E-state index contributed by atoms with van der Waals surface area (Å²) in [5.41, 5.74) is 3.16. The molecule has 1 N–H and O–H groups in total. The van der Waals surface area contributed by atoms with E-state index in [1.807, 2.05) is 48.7 Å². The Morgan fingerprint density at radius 3 is 2.54 bits per heavy atom. The van der Waals surface area contributed by atoms with Crippen molar-refractivity contribution in [3.05, 3.63) is 77.5 Å². The van der Waals surface area contributed by atoms with Crippen molar-refractivity contribution in [1.82, 2.24) is 15.1 Å². The SMILES string of the molecule is CNC(=O)COC(=O)/C=C/c1cn(-c2ccccc2)nc1-c1ccc(Cl)cc1. The third-order valence-electron chi connectivity index (χ3n) is 3.90. The van der Waals surface area contributed by atoms with Crippen molar-refractivity contribution in [2.24, 2.45) is 0 Å².